The molecular formula is C15H10BrFN2O. The first kappa shape index (κ1) is 13.0. The van der Waals surface area contributed by atoms with Crippen LogP contribution in [0.4, 0.5) is 4.39 Å². The Morgan fingerprint density at radius 3 is 2.65 bits per heavy atom. The molecule has 0 aliphatic rings. The van der Waals surface area contributed by atoms with Crippen LogP contribution < -0.4 is 5.56 Å². The van der Waals surface area contributed by atoms with Gasteiger partial charge in [0.1, 0.15) is 5.39 Å². The molecule has 1 heterocycles. The van der Waals surface area contributed by atoms with Gasteiger partial charge in [0.15, 0.2) is 5.82 Å². The summed E-state index contributed by atoms with van der Waals surface area (Å²) in [6, 6.07) is 12.7. The first-order chi connectivity index (χ1) is 9.66. The summed E-state index contributed by atoms with van der Waals surface area (Å²) in [4.78, 5) is 16.5. The lowest BCUT2D eigenvalue weighted by molar-refractivity contribution is 0.628. The molecule has 5 heteroatoms. The lowest BCUT2D eigenvalue weighted by Crippen LogP contribution is -2.22. The molecule has 0 fully saturated rings. The zero-order chi connectivity index (χ0) is 14.1. The Labute approximate surface area is 122 Å². The number of fused-ring (bicyclic) bond motifs is 1. The summed E-state index contributed by atoms with van der Waals surface area (Å²) in [5.74, 6) is -0.567. The molecule has 1 aromatic heterocycles. The van der Waals surface area contributed by atoms with Crippen molar-refractivity contribution in [3.05, 3.63) is 75.0 Å². The largest absolute Gasteiger partial charge is 0.294 e. The fourth-order valence-corrected chi connectivity index (χ4v) is 2.40. The van der Waals surface area contributed by atoms with Crippen LogP contribution in [0.2, 0.25) is 0 Å². The molecule has 0 aliphatic carbocycles. The highest BCUT2D eigenvalue weighted by Gasteiger charge is 2.12. The van der Waals surface area contributed by atoms with Crippen molar-refractivity contribution in [2.75, 3.05) is 0 Å². The van der Waals surface area contributed by atoms with Gasteiger partial charge in [-0.3, -0.25) is 9.36 Å². The Kier molecular flexibility index (Phi) is 3.36. The van der Waals surface area contributed by atoms with Crippen LogP contribution in [0, 0.1) is 5.82 Å². The molecule has 0 radical (unpaired) electrons. The number of hydrogen-bond donors (Lipinski definition) is 0. The fraction of sp³-hybridized carbons (Fsp3) is 0.0667. The third kappa shape index (κ3) is 2.25. The zero-order valence-electron chi connectivity index (χ0n) is 10.4. The molecule has 0 unspecified atom stereocenters. The molecule has 3 aromatic rings. The van der Waals surface area contributed by atoms with Gasteiger partial charge in [-0.15, -0.1) is 0 Å². The van der Waals surface area contributed by atoms with Gasteiger partial charge in [-0.1, -0.05) is 30.3 Å². The number of aromatic nitrogens is 2. The maximum Gasteiger partial charge on any atom is 0.264 e. The molecule has 0 amide bonds. The Bertz CT molecular complexity index is 830. The first-order valence-corrected chi connectivity index (χ1v) is 6.83. The molecule has 3 nitrogen and oxygen atoms in total. The summed E-state index contributed by atoms with van der Waals surface area (Å²) < 4.78 is 15.8. The second kappa shape index (κ2) is 5.17. The molecule has 0 aliphatic heterocycles. The SMILES string of the molecule is O=c1c2c(F)c(Br)ccc2ncn1Cc1ccccc1. The summed E-state index contributed by atoms with van der Waals surface area (Å²) in [6.07, 6.45) is 1.45. The lowest BCUT2D eigenvalue weighted by Gasteiger charge is -2.07. The molecule has 100 valence electrons. The first-order valence-electron chi connectivity index (χ1n) is 6.04. The van der Waals surface area contributed by atoms with Crippen molar-refractivity contribution in [1.29, 1.82) is 0 Å². The third-order valence-electron chi connectivity index (χ3n) is 3.08. The predicted octanol–water partition coefficient (Wildman–Crippen LogP) is 3.35. The van der Waals surface area contributed by atoms with E-state index in [-0.39, 0.29) is 15.4 Å². The standard InChI is InChI=1S/C15H10BrFN2O/c16-11-6-7-12-13(14(11)17)15(20)19(9-18-12)8-10-4-2-1-3-5-10/h1-7,9H,8H2. The van der Waals surface area contributed by atoms with E-state index in [1.54, 1.807) is 12.1 Å². The van der Waals surface area contributed by atoms with Crippen LogP contribution in [0.15, 0.2) is 58.1 Å². The average molecular weight is 333 g/mol. The second-order valence-corrected chi connectivity index (χ2v) is 5.27. The molecule has 0 atom stereocenters. The third-order valence-corrected chi connectivity index (χ3v) is 3.69. The average Bonchev–Trinajstić information content (AvgIpc) is 2.47. The number of benzene rings is 2. The Morgan fingerprint density at radius 1 is 1.15 bits per heavy atom. The van der Waals surface area contributed by atoms with Crippen molar-refractivity contribution in [2.45, 2.75) is 6.54 Å². The number of hydrogen-bond acceptors (Lipinski definition) is 2. The van der Waals surface area contributed by atoms with Gasteiger partial charge in [0.2, 0.25) is 0 Å². The van der Waals surface area contributed by atoms with Gasteiger partial charge in [0, 0.05) is 0 Å². The van der Waals surface area contributed by atoms with Gasteiger partial charge in [-0.2, -0.15) is 0 Å². The van der Waals surface area contributed by atoms with E-state index in [2.05, 4.69) is 20.9 Å². The van der Waals surface area contributed by atoms with Crippen LogP contribution >= 0.6 is 15.9 Å². The van der Waals surface area contributed by atoms with E-state index < -0.39 is 5.82 Å². The summed E-state index contributed by atoms with van der Waals surface area (Å²) in [7, 11) is 0. The second-order valence-electron chi connectivity index (χ2n) is 4.42. The van der Waals surface area contributed by atoms with Crippen molar-refractivity contribution in [2.24, 2.45) is 0 Å². The molecule has 0 N–H and O–H groups in total. The van der Waals surface area contributed by atoms with Crippen molar-refractivity contribution in [1.82, 2.24) is 9.55 Å². The lowest BCUT2D eigenvalue weighted by atomic mass is 10.2. The van der Waals surface area contributed by atoms with Gasteiger partial charge >= 0.3 is 0 Å². The summed E-state index contributed by atoms with van der Waals surface area (Å²) in [6.45, 7) is 0.370. The smallest absolute Gasteiger partial charge is 0.264 e. The Hall–Kier alpha value is -2.01. The molecule has 20 heavy (non-hydrogen) atoms. The molecular weight excluding hydrogens is 323 g/mol. The van der Waals surface area contributed by atoms with Crippen LogP contribution in [0.5, 0.6) is 0 Å². The monoisotopic (exact) mass is 332 g/mol. The summed E-state index contributed by atoms with van der Waals surface area (Å²) >= 11 is 3.09. The number of halogens is 2. The van der Waals surface area contributed by atoms with Crippen molar-refractivity contribution >= 4 is 26.8 Å². The molecule has 3 rings (SSSR count). The highest BCUT2D eigenvalue weighted by atomic mass is 79.9. The van der Waals surface area contributed by atoms with Crippen LogP contribution in [0.3, 0.4) is 0 Å². The van der Waals surface area contributed by atoms with Crippen molar-refractivity contribution in [3.8, 4) is 0 Å². The van der Waals surface area contributed by atoms with E-state index in [9.17, 15) is 9.18 Å². The maximum absolute atomic E-state index is 14.1. The van der Waals surface area contributed by atoms with E-state index in [1.165, 1.54) is 10.9 Å². The van der Waals surface area contributed by atoms with E-state index in [0.29, 0.717) is 12.1 Å². The van der Waals surface area contributed by atoms with E-state index in [0.717, 1.165) is 5.56 Å². The van der Waals surface area contributed by atoms with Crippen LogP contribution in [0.25, 0.3) is 10.9 Å². The summed E-state index contributed by atoms with van der Waals surface area (Å²) in [5.41, 5.74) is 0.948. The van der Waals surface area contributed by atoms with E-state index in [1.807, 2.05) is 30.3 Å². The molecule has 0 saturated heterocycles. The predicted molar refractivity (Wildman–Crippen MR) is 79.2 cm³/mol. The Morgan fingerprint density at radius 2 is 1.90 bits per heavy atom. The minimum absolute atomic E-state index is 0.0119. The van der Waals surface area contributed by atoms with Crippen LogP contribution in [-0.2, 0) is 6.54 Å². The number of nitrogens with zero attached hydrogens (tertiary/aromatic N) is 2. The maximum atomic E-state index is 14.1. The highest BCUT2D eigenvalue weighted by Crippen LogP contribution is 2.21. The molecule has 2 aromatic carbocycles. The highest BCUT2D eigenvalue weighted by molar-refractivity contribution is 9.10. The van der Waals surface area contributed by atoms with Crippen molar-refractivity contribution < 1.29 is 4.39 Å². The van der Waals surface area contributed by atoms with E-state index >= 15 is 0 Å². The van der Waals surface area contributed by atoms with Crippen LogP contribution in [-0.4, -0.2) is 9.55 Å². The van der Waals surface area contributed by atoms with Gasteiger partial charge < -0.3 is 0 Å². The van der Waals surface area contributed by atoms with Crippen molar-refractivity contribution in [3.63, 3.8) is 0 Å². The van der Waals surface area contributed by atoms with Gasteiger partial charge in [0.05, 0.1) is 22.9 Å². The minimum Gasteiger partial charge on any atom is -0.294 e. The fourth-order valence-electron chi connectivity index (χ4n) is 2.07. The molecule has 0 saturated carbocycles. The topological polar surface area (TPSA) is 34.9 Å². The minimum atomic E-state index is -0.567. The molecule has 0 bridgehead atoms. The van der Waals surface area contributed by atoms with Gasteiger partial charge in [-0.05, 0) is 33.6 Å². The number of rotatable bonds is 2. The normalized spacial score (nSPS) is 10.9. The quantitative estimate of drug-likeness (QED) is 0.721. The van der Waals surface area contributed by atoms with E-state index in [4.69, 9.17) is 0 Å². The van der Waals surface area contributed by atoms with Gasteiger partial charge in [0.25, 0.3) is 5.56 Å². The van der Waals surface area contributed by atoms with Gasteiger partial charge in [-0.25, -0.2) is 9.37 Å². The zero-order valence-corrected chi connectivity index (χ0v) is 12.0. The van der Waals surface area contributed by atoms with Crippen LogP contribution in [0.1, 0.15) is 5.56 Å². The Balaban J connectivity index is 2.16. The molecule has 0 spiro atoms. The summed E-state index contributed by atoms with van der Waals surface area (Å²) in [5, 5.41) is 0.0119.